The highest BCUT2D eigenvalue weighted by atomic mass is 16.4. The lowest BCUT2D eigenvalue weighted by Crippen LogP contribution is -1.94. The van der Waals surface area contributed by atoms with E-state index in [-0.39, 0.29) is 5.63 Å². The van der Waals surface area contributed by atoms with Gasteiger partial charge in [-0.25, -0.2) is 4.79 Å². The molecular weight excluding hydrogens is 156 g/mol. The molecule has 12 heavy (non-hydrogen) atoms. The minimum absolute atomic E-state index is 0.283. The molecule has 0 aromatic heterocycles. The summed E-state index contributed by atoms with van der Waals surface area (Å²) in [5.41, 5.74) is 2.16. The maximum Gasteiger partial charge on any atom is 0.340 e. The van der Waals surface area contributed by atoms with Gasteiger partial charge in [0, 0.05) is 11.1 Å². The molecular formula is C9H8O3. The lowest BCUT2D eigenvalue weighted by molar-refractivity contribution is 0.490. The summed E-state index contributed by atoms with van der Waals surface area (Å²) in [6.07, 6.45) is 3.04. The van der Waals surface area contributed by atoms with Gasteiger partial charge in [0.15, 0.2) is 5.76 Å². The van der Waals surface area contributed by atoms with Crippen molar-refractivity contribution in [3.63, 3.8) is 0 Å². The molecule has 62 valence electrons. The molecule has 0 amide bonds. The third kappa shape index (κ3) is 0.794. The van der Waals surface area contributed by atoms with Crippen LogP contribution in [0.2, 0.25) is 0 Å². The monoisotopic (exact) mass is 164 g/mol. The molecule has 0 bridgehead atoms. The molecule has 0 radical (unpaired) electrons. The van der Waals surface area contributed by atoms with Crippen molar-refractivity contribution in [1.29, 1.82) is 0 Å². The molecule has 2 heterocycles. The van der Waals surface area contributed by atoms with Crippen molar-refractivity contribution in [3.8, 4) is 11.3 Å². The average Bonchev–Trinajstić information content (AvgIpc) is 2.29. The highest BCUT2D eigenvalue weighted by molar-refractivity contribution is 5.65. The molecule has 0 aliphatic carbocycles. The molecule has 3 nitrogen and oxygen atoms in total. The van der Waals surface area contributed by atoms with Crippen molar-refractivity contribution in [3.05, 3.63) is 34.1 Å². The van der Waals surface area contributed by atoms with Gasteiger partial charge in [0.05, 0.1) is 6.26 Å². The van der Waals surface area contributed by atoms with Crippen molar-refractivity contribution >= 4 is 0 Å². The van der Waals surface area contributed by atoms with Gasteiger partial charge in [0.25, 0.3) is 0 Å². The van der Waals surface area contributed by atoms with E-state index in [1.54, 1.807) is 13.2 Å². The van der Waals surface area contributed by atoms with Crippen molar-refractivity contribution < 1.29 is 8.83 Å². The summed E-state index contributed by atoms with van der Waals surface area (Å²) in [5.74, 6) is 0.525. The Morgan fingerprint density at radius 2 is 2.00 bits per heavy atom. The van der Waals surface area contributed by atoms with E-state index in [0.29, 0.717) is 11.3 Å². The van der Waals surface area contributed by atoms with E-state index in [4.69, 9.17) is 8.83 Å². The van der Waals surface area contributed by atoms with Gasteiger partial charge in [-0.3, -0.25) is 0 Å². The largest absolute Gasteiger partial charge is 0.468 e. The van der Waals surface area contributed by atoms with Crippen LogP contribution >= 0.6 is 0 Å². The predicted molar refractivity (Wildman–Crippen MR) is 43.3 cm³/mol. The quantitative estimate of drug-likeness (QED) is 0.597. The summed E-state index contributed by atoms with van der Waals surface area (Å²) in [5, 5.41) is 0. The lowest BCUT2D eigenvalue weighted by Gasteiger charge is -1.98. The van der Waals surface area contributed by atoms with Gasteiger partial charge in [-0.05, 0) is 19.4 Å². The first-order valence-electron chi connectivity index (χ1n) is 3.66. The minimum Gasteiger partial charge on any atom is -0.468 e. The molecule has 0 fully saturated rings. The second-order valence-electron chi connectivity index (χ2n) is 2.81. The van der Waals surface area contributed by atoms with E-state index in [1.807, 2.05) is 6.92 Å². The lowest BCUT2D eigenvalue weighted by atomic mass is 10.1. The molecule has 0 saturated heterocycles. The van der Waals surface area contributed by atoms with Gasteiger partial charge >= 0.3 is 5.63 Å². The standard InChI is InChI=1S/C9H8O3/c1-5-3-11-4-7-8(5)6(2)9(10)12-7/h3-4H,1-2H3. The summed E-state index contributed by atoms with van der Waals surface area (Å²) < 4.78 is 9.89. The summed E-state index contributed by atoms with van der Waals surface area (Å²) in [6, 6.07) is 0. The SMILES string of the molecule is Cc1cocc2oc(=O)c(C)c1-2. The van der Waals surface area contributed by atoms with Gasteiger partial charge < -0.3 is 8.83 Å². The van der Waals surface area contributed by atoms with E-state index < -0.39 is 0 Å². The van der Waals surface area contributed by atoms with Gasteiger partial charge in [-0.1, -0.05) is 0 Å². The van der Waals surface area contributed by atoms with Crippen LogP contribution in [0, 0.1) is 13.8 Å². The molecule has 2 rings (SSSR count). The van der Waals surface area contributed by atoms with Crippen LogP contribution in [0.4, 0.5) is 0 Å². The second-order valence-corrected chi connectivity index (χ2v) is 2.81. The molecule has 0 spiro atoms. The molecule has 2 aliphatic heterocycles. The Labute approximate surface area is 69.0 Å². The van der Waals surface area contributed by atoms with Crippen LogP contribution in [0.15, 0.2) is 26.2 Å². The van der Waals surface area contributed by atoms with Crippen LogP contribution in [0.1, 0.15) is 11.1 Å². The maximum atomic E-state index is 11.1. The van der Waals surface area contributed by atoms with Crippen LogP contribution in [0.5, 0.6) is 0 Å². The molecule has 0 unspecified atom stereocenters. The Balaban J connectivity index is 2.95. The van der Waals surface area contributed by atoms with E-state index in [2.05, 4.69) is 0 Å². The molecule has 0 aromatic carbocycles. The summed E-state index contributed by atoms with van der Waals surface area (Å²) >= 11 is 0. The smallest absolute Gasteiger partial charge is 0.340 e. The van der Waals surface area contributed by atoms with Gasteiger partial charge in [0.1, 0.15) is 6.26 Å². The van der Waals surface area contributed by atoms with Crippen LogP contribution in [-0.2, 0) is 0 Å². The average molecular weight is 164 g/mol. The number of furan rings is 1. The molecule has 0 N–H and O–H groups in total. The van der Waals surface area contributed by atoms with Crippen LogP contribution < -0.4 is 5.63 Å². The van der Waals surface area contributed by atoms with E-state index in [1.165, 1.54) is 6.26 Å². The Bertz CT molecular complexity index is 436. The Morgan fingerprint density at radius 1 is 1.25 bits per heavy atom. The fourth-order valence-corrected chi connectivity index (χ4v) is 1.34. The second kappa shape index (κ2) is 2.24. The van der Waals surface area contributed by atoms with Crippen LogP contribution in [-0.4, -0.2) is 0 Å². The van der Waals surface area contributed by atoms with Gasteiger partial charge in [-0.2, -0.15) is 0 Å². The molecule has 0 aromatic rings. The Kier molecular flexibility index (Phi) is 1.33. The first-order valence-corrected chi connectivity index (χ1v) is 3.66. The molecule has 2 aliphatic rings. The normalized spacial score (nSPS) is 10.8. The van der Waals surface area contributed by atoms with Crippen LogP contribution in [0.3, 0.4) is 0 Å². The third-order valence-electron chi connectivity index (χ3n) is 1.94. The topological polar surface area (TPSA) is 43.4 Å². The zero-order chi connectivity index (χ0) is 8.72. The zero-order valence-electron chi connectivity index (χ0n) is 6.88. The number of aryl methyl sites for hydroxylation is 1. The fourth-order valence-electron chi connectivity index (χ4n) is 1.34. The number of hydrogen-bond acceptors (Lipinski definition) is 3. The van der Waals surface area contributed by atoms with Gasteiger partial charge in [0.2, 0.25) is 0 Å². The minimum atomic E-state index is -0.283. The van der Waals surface area contributed by atoms with Crippen molar-refractivity contribution in [2.45, 2.75) is 13.8 Å². The highest BCUT2D eigenvalue weighted by Crippen LogP contribution is 2.26. The molecule has 3 heteroatoms. The first kappa shape index (κ1) is 7.16. The van der Waals surface area contributed by atoms with E-state index in [9.17, 15) is 4.79 Å². The fraction of sp³-hybridized carbons (Fsp3) is 0.222. The summed E-state index contributed by atoms with van der Waals surface area (Å²) in [7, 11) is 0. The number of hydrogen-bond donors (Lipinski definition) is 0. The maximum absolute atomic E-state index is 11.1. The van der Waals surface area contributed by atoms with E-state index >= 15 is 0 Å². The summed E-state index contributed by atoms with van der Waals surface area (Å²) in [4.78, 5) is 11.1. The Hall–Kier alpha value is -1.51. The number of fused-ring (bicyclic) bond motifs is 1. The Morgan fingerprint density at radius 3 is 2.67 bits per heavy atom. The zero-order valence-corrected chi connectivity index (χ0v) is 6.88. The highest BCUT2D eigenvalue weighted by Gasteiger charge is 2.16. The van der Waals surface area contributed by atoms with Crippen LogP contribution in [0.25, 0.3) is 11.3 Å². The van der Waals surface area contributed by atoms with Crippen molar-refractivity contribution in [2.75, 3.05) is 0 Å². The van der Waals surface area contributed by atoms with E-state index in [0.717, 1.165) is 11.1 Å². The third-order valence-corrected chi connectivity index (χ3v) is 1.94. The molecule has 0 atom stereocenters. The van der Waals surface area contributed by atoms with Gasteiger partial charge in [-0.15, -0.1) is 0 Å². The van der Waals surface area contributed by atoms with Crippen molar-refractivity contribution in [2.24, 2.45) is 0 Å². The molecule has 0 saturated carbocycles. The number of rotatable bonds is 0. The first-order chi connectivity index (χ1) is 5.70. The van der Waals surface area contributed by atoms with Crippen molar-refractivity contribution in [1.82, 2.24) is 0 Å². The predicted octanol–water partition coefficient (Wildman–Crippen LogP) is 1.95. The summed E-state index contributed by atoms with van der Waals surface area (Å²) in [6.45, 7) is 3.63.